The maximum Gasteiger partial charge on any atom is 0.238 e. The number of carbonyl (C=O) groups excluding carboxylic acids is 1. The van der Waals surface area contributed by atoms with Gasteiger partial charge in [0.2, 0.25) is 5.91 Å². The maximum absolute atomic E-state index is 12.0. The molecule has 0 aliphatic rings. The molecule has 0 unspecified atom stereocenters. The number of pyridine rings is 1. The highest BCUT2D eigenvalue weighted by atomic mass is 35.5. The van der Waals surface area contributed by atoms with E-state index in [1.54, 1.807) is 18.3 Å². The number of hydrogen-bond donors (Lipinski definition) is 2. The summed E-state index contributed by atoms with van der Waals surface area (Å²) in [5, 5.41) is 12.0. The van der Waals surface area contributed by atoms with Gasteiger partial charge in [-0.2, -0.15) is 0 Å². The molecule has 0 radical (unpaired) electrons. The van der Waals surface area contributed by atoms with Crippen LogP contribution in [0.25, 0.3) is 0 Å². The van der Waals surface area contributed by atoms with Gasteiger partial charge in [-0.15, -0.1) is 0 Å². The number of anilines is 1. The molecule has 0 saturated heterocycles. The smallest absolute Gasteiger partial charge is 0.238 e. The first-order valence-corrected chi connectivity index (χ1v) is 7.28. The molecule has 0 aromatic carbocycles. The minimum atomic E-state index is -0.148. The molecule has 5 nitrogen and oxygen atoms in total. The van der Waals surface area contributed by atoms with E-state index < -0.39 is 0 Å². The Labute approximate surface area is 125 Å². The van der Waals surface area contributed by atoms with E-state index in [0.717, 1.165) is 25.8 Å². The highest BCUT2D eigenvalue weighted by molar-refractivity contribution is 6.32. The fraction of sp³-hybridized carbons (Fsp3) is 0.571. The Kier molecular flexibility index (Phi) is 8.18. The second-order valence-corrected chi connectivity index (χ2v) is 4.95. The van der Waals surface area contributed by atoms with Crippen molar-refractivity contribution in [1.29, 1.82) is 0 Å². The SMILES string of the molecule is CCCCCN(CCO)CC(=O)Nc1cccnc1Cl. The topological polar surface area (TPSA) is 65.5 Å². The van der Waals surface area contributed by atoms with Gasteiger partial charge in [0, 0.05) is 12.7 Å². The van der Waals surface area contributed by atoms with Crippen molar-refractivity contribution in [1.82, 2.24) is 9.88 Å². The van der Waals surface area contributed by atoms with Crippen molar-refractivity contribution in [3.05, 3.63) is 23.5 Å². The molecule has 0 aliphatic carbocycles. The number of rotatable bonds is 9. The van der Waals surface area contributed by atoms with Crippen LogP contribution in [0.1, 0.15) is 26.2 Å². The van der Waals surface area contributed by atoms with Gasteiger partial charge >= 0.3 is 0 Å². The molecule has 0 aliphatic heterocycles. The fourth-order valence-electron chi connectivity index (χ4n) is 1.87. The van der Waals surface area contributed by atoms with Crippen molar-refractivity contribution in [2.24, 2.45) is 0 Å². The number of aromatic nitrogens is 1. The molecular formula is C14H22ClN3O2. The summed E-state index contributed by atoms with van der Waals surface area (Å²) in [4.78, 5) is 17.8. The van der Waals surface area contributed by atoms with Gasteiger partial charge in [0.1, 0.15) is 0 Å². The third-order valence-corrected chi connectivity index (χ3v) is 3.20. The van der Waals surface area contributed by atoms with Crippen LogP contribution < -0.4 is 5.32 Å². The Morgan fingerprint density at radius 3 is 2.90 bits per heavy atom. The predicted molar refractivity (Wildman–Crippen MR) is 80.9 cm³/mol. The number of carbonyl (C=O) groups is 1. The molecule has 0 bridgehead atoms. The predicted octanol–water partition coefficient (Wildman–Crippen LogP) is 2.16. The van der Waals surface area contributed by atoms with Crippen molar-refractivity contribution in [3.63, 3.8) is 0 Å². The molecule has 0 saturated carbocycles. The van der Waals surface area contributed by atoms with Crippen LogP contribution in [0.2, 0.25) is 5.15 Å². The molecule has 0 atom stereocenters. The molecule has 1 heterocycles. The van der Waals surface area contributed by atoms with Crippen LogP contribution in [0, 0.1) is 0 Å². The third-order valence-electron chi connectivity index (χ3n) is 2.89. The van der Waals surface area contributed by atoms with Crippen molar-refractivity contribution >= 4 is 23.2 Å². The first-order chi connectivity index (χ1) is 9.67. The summed E-state index contributed by atoms with van der Waals surface area (Å²) >= 11 is 5.89. The zero-order valence-corrected chi connectivity index (χ0v) is 12.6. The lowest BCUT2D eigenvalue weighted by Gasteiger charge is -2.20. The molecule has 6 heteroatoms. The molecular weight excluding hydrogens is 278 g/mol. The highest BCUT2D eigenvalue weighted by Gasteiger charge is 2.11. The van der Waals surface area contributed by atoms with Crippen LogP contribution in [0.5, 0.6) is 0 Å². The number of unbranched alkanes of at least 4 members (excludes halogenated alkanes) is 2. The Hall–Kier alpha value is -1.17. The Balaban J connectivity index is 2.46. The monoisotopic (exact) mass is 299 g/mol. The molecule has 0 fully saturated rings. The van der Waals surface area contributed by atoms with E-state index in [2.05, 4.69) is 17.2 Å². The van der Waals surface area contributed by atoms with Gasteiger partial charge in [0.15, 0.2) is 5.15 Å². The number of halogens is 1. The van der Waals surface area contributed by atoms with E-state index in [1.807, 2.05) is 4.90 Å². The normalized spacial score (nSPS) is 10.8. The minimum Gasteiger partial charge on any atom is -0.395 e. The second kappa shape index (κ2) is 9.69. The molecule has 1 aromatic heterocycles. The van der Waals surface area contributed by atoms with Crippen LogP contribution >= 0.6 is 11.6 Å². The van der Waals surface area contributed by atoms with E-state index in [0.29, 0.717) is 12.2 Å². The highest BCUT2D eigenvalue weighted by Crippen LogP contribution is 2.17. The minimum absolute atomic E-state index is 0.0487. The first-order valence-electron chi connectivity index (χ1n) is 6.91. The summed E-state index contributed by atoms with van der Waals surface area (Å²) in [5.74, 6) is -0.148. The average Bonchev–Trinajstić information content (AvgIpc) is 2.42. The number of amides is 1. The number of aliphatic hydroxyl groups is 1. The maximum atomic E-state index is 12.0. The van der Waals surface area contributed by atoms with Crippen LogP contribution in [0.4, 0.5) is 5.69 Å². The van der Waals surface area contributed by atoms with Gasteiger partial charge < -0.3 is 10.4 Å². The molecule has 20 heavy (non-hydrogen) atoms. The van der Waals surface area contributed by atoms with Gasteiger partial charge in [-0.05, 0) is 25.1 Å². The van der Waals surface area contributed by atoms with E-state index in [4.69, 9.17) is 16.7 Å². The van der Waals surface area contributed by atoms with Crippen molar-refractivity contribution in [2.45, 2.75) is 26.2 Å². The molecule has 112 valence electrons. The number of aliphatic hydroxyl groups excluding tert-OH is 1. The van der Waals surface area contributed by atoms with Gasteiger partial charge in [-0.3, -0.25) is 9.69 Å². The second-order valence-electron chi connectivity index (χ2n) is 4.60. The van der Waals surface area contributed by atoms with Crippen LogP contribution in [-0.4, -0.2) is 47.1 Å². The summed E-state index contributed by atoms with van der Waals surface area (Å²) in [6.07, 6.45) is 4.85. The summed E-state index contributed by atoms with van der Waals surface area (Å²) in [7, 11) is 0. The summed E-state index contributed by atoms with van der Waals surface area (Å²) < 4.78 is 0. The molecule has 1 rings (SSSR count). The van der Waals surface area contributed by atoms with Crippen LogP contribution in [0.15, 0.2) is 18.3 Å². The van der Waals surface area contributed by atoms with E-state index in [-0.39, 0.29) is 24.2 Å². The first kappa shape index (κ1) is 16.9. The lowest BCUT2D eigenvalue weighted by Crippen LogP contribution is -2.36. The van der Waals surface area contributed by atoms with Crippen molar-refractivity contribution < 1.29 is 9.90 Å². The van der Waals surface area contributed by atoms with Crippen LogP contribution in [-0.2, 0) is 4.79 Å². The van der Waals surface area contributed by atoms with E-state index >= 15 is 0 Å². The summed E-state index contributed by atoms with van der Waals surface area (Å²) in [5.41, 5.74) is 0.511. The fourth-order valence-corrected chi connectivity index (χ4v) is 2.04. The number of nitrogens with zero attached hydrogens (tertiary/aromatic N) is 2. The van der Waals surface area contributed by atoms with Gasteiger partial charge in [-0.1, -0.05) is 31.4 Å². The largest absolute Gasteiger partial charge is 0.395 e. The summed E-state index contributed by atoms with van der Waals surface area (Å²) in [6, 6.07) is 3.43. The standard InChI is InChI=1S/C14H22ClN3O2/c1-2-3-4-8-18(9-10-19)11-13(20)17-12-6-5-7-16-14(12)15/h5-7,19H,2-4,8-11H2,1H3,(H,17,20). The average molecular weight is 300 g/mol. The summed E-state index contributed by atoms with van der Waals surface area (Å²) in [6.45, 7) is 3.73. The zero-order chi connectivity index (χ0) is 14.8. The Bertz CT molecular complexity index is 415. The Morgan fingerprint density at radius 1 is 1.45 bits per heavy atom. The van der Waals surface area contributed by atoms with Crippen molar-refractivity contribution in [2.75, 3.05) is 31.6 Å². The van der Waals surface area contributed by atoms with Crippen LogP contribution in [0.3, 0.4) is 0 Å². The lowest BCUT2D eigenvalue weighted by molar-refractivity contribution is -0.117. The van der Waals surface area contributed by atoms with E-state index in [9.17, 15) is 4.79 Å². The van der Waals surface area contributed by atoms with E-state index in [1.165, 1.54) is 0 Å². The quantitative estimate of drug-likeness (QED) is 0.542. The van der Waals surface area contributed by atoms with Gasteiger partial charge in [0.05, 0.1) is 18.8 Å². The molecule has 0 spiro atoms. The molecule has 2 N–H and O–H groups in total. The van der Waals surface area contributed by atoms with Crippen molar-refractivity contribution in [3.8, 4) is 0 Å². The lowest BCUT2D eigenvalue weighted by atomic mass is 10.2. The van der Waals surface area contributed by atoms with Gasteiger partial charge in [-0.25, -0.2) is 4.98 Å². The Morgan fingerprint density at radius 2 is 2.25 bits per heavy atom. The number of hydrogen-bond acceptors (Lipinski definition) is 4. The zero-order valence-electron chi connectivity index (χ0n) is 11.8. The number of nitrogens with one attached hydrogen (secondary N) is 1. The molecule has 1 amide bonds. The third kappa shape index (κ3) is 6.32. The van der Waals surface area contributed by atoms with Gasteiger partial charge in [0.25, 0.3) is 0 Å². The molecule has 1 aromatic rings.